The van der Waals surface area contributed by atoms with E-state index in [9.17, 15) is 15.0 Å². The van der Waals surface area contributed by atoms with E-state index in [2.05, 4.69) is 10.3 Å². The molecule has 2 atom stereocenters. The topological polar surface area (TPSA) is 91.7 Å². The van der Waals surface area contributed by atoms with Crippen LogP contribution in [-0.4, -0.2) is 40.9 Å². The summed E-state index contributed by atoms with van der Waals surface area (Å²) >= 11 is 5.80. The average molecular weight is 289 g/mol. The van der Waals surface area contributed by atoms with Gasteiger partial charge in [-0.05, 0) is 12.5 Å². The number of pyridine rings is 1. The van der Waals surface area contributed by atoms with E-state index in [1.807, 2.05) is 0 Å². The zero-order valence-electron chi connectivity index (χ0n) is 10.8. The minimum Gasteiger partial charge on any atom is -0.481 e. The molecule has 0 bridgehead atoms. The molecule has 2 unspecified atom stereocenters. The summed E-state index contributed by atoms with van der Waals surface area (Å²) < 4.78 is 5.00. The molecule has 0 radical (unpaired) electrons. The summed E-state index contributed by atoms with van der Waals surface area (Å²) in [5.41, 5.74) is 0.310. The fourth-order valence-corrected chi connectivity index (χ4v) is 1.75. The third-order valence-electron chi connectivity index (χ3n) is 2.54. The van der Waals surface area contributed by atoms with Crippen LogP contribution in [0.25, 0.3) is 0 Å². The number of nitrogens with zero attached hydrogens (tertiary/aromatic N) is 1. The van der Waals surface area contributed by atoms with Crippen molar-refractivity contribution < 1.29 is 19.7 Å². The van der Waals surface area contributed by atoms with Crippen molar-refractivity contribution in [3.05, 3.63) is 22.8 Å². The largest absolute Gasteiger partial charge is 0.481 e. The molecule has 0 aromatic carbocycles. The van der Waals surface area contributed by atoms with Crippen molar-refractivity contribution in [2.45, 2.75) is 25.6 Å². The van der Waals surface area contributed by atoms with Gasteiger partial charge in [0.1, 0.15) is 6.10 Å². The number of hydrogen-bond acceptors (Lipinski definition) is 5. The van der Waals surface area contributed by atoms with Crippen LogP contribution in [0, 0.1) is 0 Å². The van der Waals surface area contributed by atoms with Gasteiger partial charge in [-0.1, -0.05) is 11.6 Å². The predicted molar refractivity (Wildman–Crippen MR) is 70.1 cm³/mol. The summed E-state index contributed by atoms with van der Waals surface area (Å²) in [7, 11) is 1.41. The minimum absolute atomic E-state index is 0.191. The van der Waals surface area contributed by atoms with Crippen molar-refractivity contribution in [3.8, 4) is 5.88 Å². The molecule has 0 aliphatic rings. The van der Waals surface area contributed by atoms with Crippen molar-refractivity contribution in [2.24, 2.45) is 0 Å². The first-order valence-electron chi connectivity index (χ1n) is 5.75. The number of rotatable bonds is 6. The first-order chi connectivity index (χ1) is 8.95. The maximum atomic E-state index is 10.7. The van der Waals surface area contributed by atoms with E-state index in [-0.39, 0.29) is 24.8 Å². The van der Waals surface area contributed by atoms with Gasteiger partial charge in [-0.2, -0.15) is 0 Å². The quantitative estimate of drug-likeness (QED) is 0.715. The van der Waals surface area contributed by atoms with Gasteiger partial charge in [-0.25, -0.2) is 4.98 Å². The Balaban J connectivity index is 2.72. The highest BCUT2D eigenvalue weighted by atomic mass is 35.5. The second-order valence-corrected chi connectivity index (χ2v) is 4.47. The number of amides is 1. The van der Waals surface area contributed by atoms with Crippen LogP contribution in [0.2, 0.25) is 5.02 Å². The number of aromatic nitrogens is 1. The number of aliphatic hydroxyl groups excluding tert-OH is 2. The molecular weight excluding hydrogens is 272 g/mol. The molecule has 3 N–H and O–H groups in total. The lowest BCUT2D eigenvalue weighted by atomic mass is 10.0. The molecule has 0 saturated carbocycles. The zero-order chi connectivity index (χ0) is 14.4. The number of aliphatic hydroxyl groups is 2. The van der Waals surface area contributed by atoms with E-state index in [1.165, 1.54) is 26.3 Å². The Morgan fingerprint density at radius 2 is 2.26 bits per heavy atom. The lowest BCUT2D eigenvalue weighted by Crippen LogP contribution is -2.27. The number of carbonyl (C=O) groups excluding carboxylic acids is 1. The van der Waals surface area contributed by atoms with Gasteiger partial charge in [-0.15, -0.1) is 0 Å². The van der Waals surface area contributed by atoms with Gasteiger partial charge in [0.05, 0.1) is 18.2 Å². The van der Waals surface area contributed by atoms with E-state index in [4.69, 9.17) is 16.3 Å². The Hall–Kier alpha value is -1.37. The summed E-state index contributed by atoms with van der Waals surface area (Å²) in [6, 6.07) is 1.49. The van der Waals surface area contributed by atoms with E-state index in [0.29, 0.717) is 10.6 Å². The Morgan fingerprint density at radius 3 is 2.84 bits per heavy atom. The molecule has 1 aromatic rings. The van der Waals surface area contributed by atoms with Crippen molar-refractivity contribution >= 4 is 17.5 Å². The molecule has 1 rings (SSSR count). The van der Waals surface area contributed by atoms with Gasteiger partial charge in [-0.3, -0.25) is 4.79 Å². The smallest absolute Gasteiger partial charge is 0.219 e. The molecule has 1 aromatic heterocycles. The fraction of sp³-hybridized carbons (Fsp3) is 0.500. The molecule has 0 aliphatic carbocycles. The molecule has 6 nitrogen and oxygen atoms in total. The van der Waals surface area contributed by atoms with Crippen molar-refractivity contribution in [1.29, 1.82) is 0 Å². The van der Waals surface area contributed by atoms with Crippen molar-refractivity contribution in [2.75, 3.05) is 13.7 Å². The molecule has 0 aliphatic heterocycles. The monoisotopic (exact) mass is 288 g/mol. The summed E-state index contributed by atoms with van der Waals surface area (Å²) in [4.78, 5) is 14.6. The summed E-state index contributed by atoms with van der Waals surface area (Å²) in [5, 5.41) is 22.8. The Morgan fingerprint density at radius 1 is 1.58 bits per heavy atom. The number of halogens is 1. The summed E-state index contributed by atoms with van der Waals surface area (Å²) in [5.74, 6) is 0.0131. The third-order valence-corrected chi connectivity index (χ3v) is 2.74. The molecule has 19 heavy (non-hydrogen) atoms. The van der Waals surface area contributed by atoms with Crippen LogP contribution < -0.4 is 10.1 Å². The first kappa shape index (κ1) is 15.7. The SMILES string of the molecule is COc1ncc(Cl)cc1C(O)C(O)CCNC(C)=O. The maximum Gasteiger partial charge on any atom is 0.219 e. The Bertz CT molecular complexity index is 442. The highest BCUT2D eigenvalue weighted by molar-refractivity contribution is 6.30. The third kappa shape index (κ3) is 4.66. The van der Waals surface area contributed by atoms with Crippen LogP contribution in [0.5, 0.6) is 5.88 Å². The maximum absolute atomic E-state index is 10.7. The lowest BCUT2D eigenvalue weighted by molar-refractivity contribution is -0.119. The Kier molecular flexibility index (Phi) is 6.01. The molecule has 1 amide bonds. The van der Waals surface area contributed by atoms with Crippen LogP contribution >= 0.6 is 11.6 Å². The molecule has 0 spiro atoms. The van der Waals surface area contributed by atoms with E-state index in [1.54, 1.807) is 0 Å². The standard InChI is InChI=1S/C12H17ClN2O4/c1-7(16)14-4-3-10(17)11(18)9-5-8(13)6-15-12(9)19-2/h5-6,10-11,17-18H,3-4H2,1-2H3,(H,14,16). The highest BCUT2D eigenvalue weighted by Gasteiger charge is 2.22. The number of ether oxygens (including phenoxy) is 1. The molecule has 106 valence electrons. The summed E-state index contributed by atoms with van der Waals surface area (Å²) in [6.07, 6.45) is -0.646. The van der Waals surface area contributed by atoms with Gasteiger partial charge < -0.3 is 20.3 Å². The van der Waals surface area contributed by atoms with E-state index < -0.39 is 12.2 Å². The van der Waals surface area contributed by atoms with Crippen LogP contribution in [0.3, 0.4) is 0 Å². The van der Waals surface area contributed by atoms with Crippen molar-refractivity contribution in [3.63, 3.8) is 0 Å². The number of nitrogens with one attached hydrogen (secondary N) is 1. The van der Waals surface area contributed by atoms with Gasteiger partial charge in [0.2, 0.25) is 11.8 Å². The first-order valence-corrected chi connectivity index (χ1v) is 6.13. The Labute approximate surface area is 116 Å². The van der Waals surface area contributed by atoms with Gasteiger partial charge in [0.15, 0.2) is 0 Å². The zero-order valence-corrected chi connectivity index (χ0v) is 11.5. The lowest BCUT2D eigenvalue weighted by Gasteiger charge is -2.19. The van der Waals surface area contributed by atoms with Gasteiger partial charge >= 0.3 is 0 Å². The molecule has 0 saturated heterocycles. The predicted octanol–water partition coefficient (Wildman–Crippen LogP) is 0.664. The van der Waals surface area contributed by atoms with Crippen LogP contribution in [0.1, 0.15) is 25.0 Å². The normalized spacial score (nSPS) is 13.7. The van der Waals surface area contributed by atoms with Crippen LogP contribution in [-0.2, 0) is 4.79 Å². The van der Waals surface area contributed by atoms with E-state index >= 15 is 0 Å². The second-order valence-electron chi connectivity index (χ2n) is 4.04. The van der Waals surface area contributed by atoms with E-state index in [0.717, 1.165) is 0 Å². The van der Waals surface area contributed by atoms with Gasteiger partial charge in [0.25, 0.3) is 0 Å². The molecule has 1 heterocycles. The molecular formula is C12H17ClN2O4. The minimum atomic E-state index is -1.19. The average Bonchev–Trinajstić information content (AvgIpc) is 2.37. The van der Waals surface area contributed by atoms with Crippen LogP contribution in [0.15, 0.2) is 12.3 Å². The van der Waals surface area contributed by atoms with Gasteiger partial charge in [0, 0.05) is 25.2 Å². The highest BCUT2D eigenvalue weighted by Crippen LogP contribution is 2.28. The fourth-order valence-electron chi connectivity index (χ4n) is 1.59. The molecule has 0 fully saturated rings. The number of carbonyl (C=O) groups is 1. The molecule has 7 heteroatoms. The number of hydrogen-bond donors (Lipinski definition) is 3. The van der Waals surface area contributed by atoms with Crippen LogP contribution in [0.4, 0.5) is 0 Å². The number of methoxy groups -OCH3 is 1. The van der Waals surface area contributed by atoms with Crippen molar-refractivity contribution in [1.82, 2.24) is 10.3 Å². The second kappa shape index (κ2) is 7.28. The summed E-state index contributed by atoms with van der Waals surface area (Å²) in [6.45, 7) is 1.65.